The number of aromatic nitrogens is 4. The third-order valence-corrected chi connectivity index (χ3v) is 3.82. The molecule has 0 radical (unpaired) electrons. The van der Waals surface area contributed by atoms with Gasteiger partial charge in [0.05, 0.1) is 11.7 Å². The van der Waals surface area contributed by atoms with Gasteiger partial charge in [-0.05, 0) is 42.8 Å². The minimum absolute atomic E-state index is 0.238. The molecule has 0 saturated carbocycles. The van der Waals surface area contributed by atoms with Crippen LogP contribution in [0, 0.1) is 12.7 Å². The van der Waals surface area contributed by atoms with Crippen molar-refractivity contribution in [3.8, 4) is 11.5 Å². The lowest BCUT2D eigenvalue weighted by atomic mass is 10.2. The van der Waals surface area contributed by atoms with E-state index in [9.17, 15) is 4.39 Å². The molecule has 0 atom stereocenters. The van der Waals surface area contributed by atoms with Crippen LogP contribution in [0.4, 0.5) is 15.9 Å². The molecule has 0 amide bonds. The Kier molecular flexibility index (Phi) is 3.78. The Hall–Kier alpha value is -3.41. The number of benzene rings is 2. The van der Waals surface area contributed by atoms with Crippen LogP contribution in [0.1, 0.15) is 5.56 Å². The lowest BCUT2D eigenvalue weighted by Crippen LogP contribution is -2.01. The third kappa shape index (κ3) is 3.01. The topological polar surface area (TPSA) is 63.6 Å². The van der Waals surface area contributed by atoms with Gasteiger partial charge in [-0.1, -0.05) is 12.1 Å². The number of hydrogen-bond acceptors (Lipinski definition) is 5. The van der Waals surface area contributed by atoms with Crippen molar-refractivity contribution in [1.82, 2.24) is 19.9 Å². The number of rotatable bonds is 3. The molecule has 0 aliphatic rings. The van der Waals surface area contributed by atoms with Gasteiger partial charge in [-0.2, -0.15) is 0 Å². The SMILES string of the molecule is Cc1cc(Nc2nc(-c3cnccn3)nc3ccccc23)ccc1F. The fourth-order valence-corrected chi connectivity index (χ4v) is 2.56. The van der Waals surface area contributed by atoms with E-state index in [1.54, 1.807) is 37.6 Å². The van der Waals surface area contributed by atoms with Gasteiger partial charge < -0.3 is 5.32 Å². The maximum atomic E-state index is 13.5. The van der Waals surface area contributed by atoms with E-state index in [1.807, 2.05) is 24.3 Å². The van der Waals surface area contributed by atoms with Crippen LogP contribution < -0.4 is 5.32 Å². The highest BCUT2D eigenvalue weighted by Gasteiger charge is 2.11. The molecule has 2 aromatic carbocycles. The standard InChI is InChI=1S/C19H14FN5/c1-12-10-13(6-7-15(12)20)23-18-14-4-2-3-5-16(14)24-19(25-18)17-11-21-8-9-22-17/h2-11H,1H3,(H,23,24,25). The normalized spacial score (nSPS) is 10.8. The summed E-state index contributed by atoms with van der Waals surface area (Å²) in [6.07, 6.45) is 4.82. The summed E-state index contributed by atoms with van der Waals surface area (Å²) >= 11 is 0. The quantitative estimate of drug-likeness (QED) is 0.607. The summed E-state index contributed by atoms with van der Waals surface area (Å²) in [5.41, 5.74) is 2.71. The third-order valence-electron chi connectivity index (χ3n) is 3.82. The van der Waals surface area contributed by atoms with Crippen LogP contribution in [-0.2, 0) is 0 Å². The van der Waals surface area contributed by atoms with Gasteiger partial charge in [0.25, 0.3) is 0 Å². The molecule has 2 heterocycles. The number of aryl methyl sites for hydroxylation is 1. The lowest BCUT2D eigenvalue weighted by Gasteiger charge is -2.11. The first-order valence-corrected chi connectivity index (χ1v) is 7.77. The van der Waals surface area contributed by atoms with Gasteiger partial charge in [-0.25, -0.2) is 19.3 Å². The van der Waals surface area contributed by atoms with Crippen LogP contribution >= 0.6 is 0 Å². The van der Waals surface area contributed by atoms with Crippen LogP contribution in [0.25, 0.3) is 22.4 Å². The average molecular weight is 331 g/mol. The van der Waals surface area contributed by atoms with E-state index in [4.69, 9.17) is 0 Å². The van der Waals surface area contributed by atoms with Crippen LogP contribution in [0.3, 0.4) is 0 Å². The summed E-state index contributed by atoms with van der Waals surface area (Å²) in [6, 6.07) is 12.6. The molecule has 6 heteroatoms. The summed E-state index contributed by atoms with van der Waals surface area (Å²) in [6.45, 7) is 1.73. The summed E-state index contributed by atoms with van der Waals surface area (Å²) in [5.74, 6) is 0.878. The first-order chi connectivity index (χ1) is 12.2. The molecule has 0 saturated heterocycles. The van der Waals surface area contributed by atoms with Crippen molar-refractivity contribution in [3.63, 3.8) is 0 Å². The van der Waals surface area contributed by atoms with Crippen molar-refractivity contribution in [3.05, 3.63) is 72.4 Å². The highest BCUT2D eigenvalue weighted by Crippen LogP contribution is 2.27. The van der Waals surface area contributed by atoms with E-state index in [0.717, 1.165) is 16.6 Å². The second-order valence-electron chi connectivity index (χ2n) is 5.59. The summed E-state index contributed by atoms with van der Waals surface area (Å²) in [5, 5.41) is 4.13. The van der Waals surface area contributed by atoms with Crippen molar-refractivity contribution < 1.29 is 4.39 Å². The maximum absolute atomic E-state index is 13.5. The monoisotopic (exact) mass is 331 g/mol. The molecule has 0 aliphatic carbocycles. The Morgan fingerprint density at radius 1 is 1.00 bits per heavy atom. The number of nitrogens with zero attached hydrogens (tertiary/aromatic N) is 4. The second kappa shape index (κ2) is 6.24. The second-order valence-corrected chi connectivity index (χ2v) is 5.59. The van der Waals surface area contributed by atoms with Crippen molar-refractivity contribution in [2.24, 2.45) is 0 Å². The number of hydrogen-bond donors (Lipinski definition) is 1. The Morgan fingerprint density at radius 2 is 1.88 bits per heavy atom. The number of fused-ring (bicyclic) bond motifs is 1. The number of para-hydroxylation sites is 1. The van der Waals surface area contributed by atoms with E-state index in [2.05, 4.69) is 25.3 Å². The average Bonchev–Trinajstić information content (AvgIpc) is 2.65. The van der Waals surface area contributed by atoms with Crippen LogP contribution in [0.15, 0.2) is 61.1 Å². The molecule has 122 valence electrons. The highest BCUT2D eigenvalue weighted by molar-refractivity contribution is 5.92. The smallest absolute Gasteiger partial charge is 0.182 e. The zero-order valence-corrected chi connectivity index (χ0v) is 13.4. The van der Waals surface area contributed by atoms with E-state index < -0.39 is 0 Å². The fourth-order valence-electron chi connectivity index (χ4n) is 2.56. The molecule has 4 aromatic rings. The molecule has 5 nitrogen and oxygen atoms in total. The molecule has 0 aliphatic heterocycles. The molecule has 0 unspecified atom stereocenters. The van der Waals surface area contributed by atoms with Crippen LogP contribution in [-0.4, -0.2) is 19.9 Å². The van der Waals surface area contributed by atoms with Gasteiger partial charge in [0.2, 0.25) is 0 Å². The molecule has 4 rings (SSSR count). The molecule has 0 bridgehead atoms. The minimum Gasteiger partial charge on any atom is -0.340 e. The predicted octanol–water partition coefficient (Wildman–Crippen LogP) is 4.28. The molecular weight excluding hydrogens is 317 g/mol. The molecular formula is C19H14FN5. The van der Waals surface area contributed by atoms with Gasteiger partial charge in [0.1, 0.15) is 17.3 Å². The van der Waals surface area contributed by atoms with Gasteiger partial charge in [-0.3, -0.25) is 4.98 Å². The minimum atomic E-state index is -0.238. The number of halogens is 1. The Bertz CT molecular complexity index is 1050. The maximum Gasteiger partial charge on any atom is 0.182 e. The first kappa shape index (κ1) is 15.1. The Labute approximate surface area is 143 Å². The van der Waals surface area contributed by atoms with Gasteiger partial charge in [0, 0.05) is 23.5 Å². The van der Waals surface area contributed by atoms with Crippen LogP contribution in [0.5, 0.6) is 0 Å². The van der Waals surface area contributed by atoms with Crippen molar-refractivity contribution >= 4 is 22.4 Å². The fraction of sp³-hybridized carbons (Fsp3) is 0.0526. The molecule has 0 spiro atoms. The molecule has 2 aromatic heterocycles. The van der Waals surface area contributed by atoms with E-state index >= 15 is 0 Å². The number of nitrogens with one attached hydrogen (secondary N) is 1. The molecule has 25 heavy (non-hydrogen) atoms. The van der Waals surface area contributed by atoms with Gasteiger partial charge in [-0.15, -0.1) is 0 Å². The van der Waals surface area contributed by atoms with Crippen molar-refractivity contribution in [2.45, 2.75) is 6.92 Å². The molecule has 0 fully saturated rings. The largest absolute Gasteiger partial charge is 0.340 e. The van der Waals surface area contributed by atoms with E-state index in [1.165, 1.54) is 6.07 Å². The van der Waals surface area contributed by atoms with E-state index in [0.29, 0.717) is 22.9 Å². The first-order valence-electron chi connectivity index (χ1n) is 7.77. The lowest BCUT2D eigenvalue weighted by molar-refractivity contribution is 0.619. The van der Waals surface area contributed by atoms with Crippen LogP contribution in [0.2, 0.25) is 0 Å². The zero-order valence-electron chi connectivity index (χ0n) is 13.4. The number of anilines is 2. The van der Waals surface area contributed by atoms with Crippen molar-refractivity contribution in [2.75, 3.05) is 5.32 Å². The predicted molar refractivity (Wildman–Crippen MR) is 95.0 cm³/mol. The summed E-state index contributed by atoms with van der Waals surface area (Å²) < 4.78 is 13.5. The van der Waals surface area contributed by atoms with Gasteiger partial charge >= 0.3 is 0 Å². The summed E-state index contributed by atoms with van der Waals surface area (Å²) in [7, 11) is 0. The highest BCUT2D eigenvalue weighted by atomic mass is 19.1. The molecule has 1 N–H and O–H groups in total. The Morgan fingerprint density at radius 3 is 2.68 bits per heavy atom. The van der Waals surface area contributed by atoms with Gasteiger partial charge in [0.15, 0.2) is 5.82 Å². The zero-order chi connectivity index (χ0) is 17.2. The van der Waals surface area contributed by atoms with E-state index in [-0.39, 0.29) is 5.82 Å². The Balaban J connectivity index is 1.85. The van der Waals surface area contributed by atoms with Crippen molar-refractivity contribution in [1.29, 1.82) is 0 Å². The summed E-state index contributed by atoms with van der Waals surface area (Å²) in [4.78, 5) is 17.5.